The fraction of sp³-hybridized carbons (Fsp3) is 0.222. The lowest BCUT2D eigenvalue weighted by Gasteiger charge is -2.27. The van der Waals surface area contributed by atoms with E-state index in [1.165, 1.54) is 6.07 Å². The van der Waals surface area contributed by atoms with Gasteiger partial charge >= 0.3 is 12.2 Å². The number of carbonyl (C=O) groups is 1. The summed E-state index contributed by atoms with van der Waals surface area (Å²) in [6.07, 6.45) is -2.55. The van der Waals surface area contributed by atoms with Crippen LogP contribution < -0.4 is 20.3 Å². The fourth-order valence-electron chi connectivity index (χ4n) is 4.30. The van der Waals surface area contributed by atoms with Gasteiger partial charge in [0.1, 0.15) is 18.2 Å². The first-order valence-electron chi connectivity index (χ1n) is 11.8. The molecule has 0 saturated carbocycles. The molecule has 0 aromatic heterocycles. The Balaban J connectivity index is 1.25. The number of anilines is 2. The number of hydrogen-bond acceptors (Lipinski definition) is 6. The predicted octanol–water partition coefficient (Wildman–Crippen LogP) is 7.45. The summed E-state index contributed by atoms with van der Waals surface area (Å²) in [6.45, 7) is 2.62. The molecule has 0 bridgehead atoms. The molecule has 2 aliphatic rings. The summed E-state index contributed by atoms with van der Waals surface area (Å²) >= 11 is 7.38. The molecule has 2 N–H and O–H groups in total. The van der Waals surface area contributed by atoms with Crippen LogP contribution in [0.2, 0.25) is 5.02 Å². The van der Waals surface area contributed by atoms with Crippen molar-refractivity contribution in [1.29, 1.82) is 0 Å². The molecule has 2 aliphatic heterocycles. The molecule has 2 heterocycles. The minimum absolute atomic E-state index is 0.0293. The largest absolute Gasteiger partial charge is 0.457 e. The maximum atomic E-state index is 13.1. The van der Waals surface area contributed by atoms with Gasteiger partial charge in [-0.1, -0.05) is 41.6 Å². The number of thioether (sulfide) groups is 1. The zero-order chi connectivity index (χ0) is 27.7. The summed E-state index contributed by atoms with van der Waals surface area (Å²) in [5.74, 6) is 1.17. The summed E-state index contributed by atoms with van der Waals surface area (Å²) in [7, 11) is 1.67. The Bertz CT molecular complexity index is 1440. The highest BCUT2D eigenvalue weighted by atomic mass is 35.5. The number of rotatable bonds is 7. The Morgan fingerprint density at radius 3 is 2.69 bits per heavy atom. The van der Waals surface area contributed by atoms with E-state index in [1.54, 1.807) is 31.0 Å². The lowest BCUT2D eigenvalue weighted by molar-refractivity contribution is -0.137. The highest BCUT2D eigenvalue weighted by Crippen LogP contribution is 2.50. The van der Waals surface area contributed by atoms with Crippen LogP contribution in [0.4, 0.5) is 29.3 Å². The van der Waals surface area contributed by atoms with Crippen LogP contribution in [-0.2, 0) is 17.5 Å². The Morgan fingerprint density at radius 1 is 1.13 bits per heavy atom. The van der Waals surface area contributed by atoms with Crippen molar-refractivity contribution in [3.8, 4) is 11.5 Å². The third kappa shape index (κ3) is 5.75. The van der Waals surface area contributed by atoms with Crippen LogP contribution in [0.1, 0.15) is 18.1 Å². The number of amides is 2. The molecule has 2 amide bonds. The van der Waals surface area contributed by atoms with E-state index in [1.807, 2.05) is 37.3 Å². The van der Waals surface area contributed by atoms with Gasteiger partial charge in [-0.2, -0.15) is 13.2 Å². The van der Waals surface area contributed by atoms with E-state index in [9.17, 15) is 18.0 Å². The normalized spacial score (nSPS) is 16.1. The van der Waals surface area contributed by atoms with Crippen molar-refractivity contribution in [2.75, 3.05) is 24.1 Å². The molecular formula is C27H24ClF3N4O3S. The number of para-hydroxylation sites is 1. The van der Waals surface area contributed by atoms with Crippen LogP contribution in [0.5, 0.6) is 11.5 Å². The lowest BCUT2D eigenvalue weighted by Crippen LogP contribution is -2.35. The fourth-order valence-corrected chi connectivity index (χ4v) is 5.83. The number of methoxy groups -OCH3 is 1. The van der Waals surface area contributed by atoms with Gasteiger partial charge in [0, 0.05) is 47.8 Å². The summed E-state index contributed by atoms with van der Waals surface area (Å²) in [6, 6.07) is 15.6. The molecule has 0 fully saturated rings. The average Bonchev–Trinajstić information content (AvgIpc) is 3.39. The maximum absolute atomic E-state index is 13.1. The van der Waals surface area contributed by atoms with Gasteiger partial charge in [0.15, 0.2) is 5.50 Å². The highest BCUT2D eigenvalue weighted by molar-refractivity contribution is 8.00. The second-order valence-corrected chi connectivity index (χ2v) is 10.4. The van der Waals surface area contributed by atoms with E-state index in [0.717, 1.165) is 28.4 Å². The molecule has 1 atom stereocenters. The van der Waals surface area contributed by atoms with Crippen LogP contribution in [-0.4, -0.2) is 30.3 Å². The van der Waals surface area contributed by atoms with E-state index in [-0.39, 0.29) is 17.7 Å². The van der Waals surface area contributed by atoms with Gasteiger partial charge in [-0.15, -0.1) is 0 Å². The van der Waals surface area contributed by atoms with Gasteiger partial charge in [-0.05, 0) is 43.3 Å². The molecular weight excluding hydrogens is 553 g/mol. The minimum atomic E-state index is -4.63. The number of alkyl halides is 3. The number of allylic oxidation sites excluding steroid dienone is 1. The number of halogens is 4. The Hall–Kier alpha value is -3.54. The molecule has 3 aromatic carbocycles. The molecule has 7 nitrogen and oxygen atoms in total. The number of nitrogens with one attached hydrogen (secondary N) is 2. The molecule has 39 heavy (non-hydrogen) atoms. The third-order valence-electron chi connectivity index (χ3n) is 6.16. The molecule has 0 aliphatic carbocycles. The number of carbonyl (C=O) groups excluding carboxylic acids is 1. The number of fused-ring (bicyclic) bond motifs is 3. The summed E-state index contributed by atoms with van der Waals surface area (Å²) in [4.78, 5) is 17.9. The van der Waals surface area contributed by atoms with E-state index >= 15 is 0 Å². The average molecular weight is 577 g/mol. The molecule has 204 valence electrons. The van der Waals surface area contributed by atoms with E-state index in [2.05, 4.69) is 26.6 Å². The second kappa shape index (κ2) is 10.9. The Kier molecular flexibility index (Phi) is 7.57. The molecule has 12 heteroatoms. The molecule has 3 aromatic rings. The maximum Gasteiger partial charge on any atom is 0.417 e. The second-order valence-electron chi connectivity index (χ2n) is 8.85. The topological polar surface area (TPSA) is 66.1 Å². The smallest absolute Gasteiger partial charge is 0.417 e. The molecule has 0 spiro atoms. The quantitative estimate of drug-likeness (QED) is 0.304. The molecule has 0 saturated heterocycles. The summed E-state index contributed by atoms with van der Waals surface area (Å²) in [5, 5.41) is 4.63. The van der Waals surface area contributed by atoms with E-state index in [4.69, 9.17) is 21.1 Å². The van der Waals surface area contributed by atoms with Gasteiger partial charge in [0.05, 0.1) is 16.3 Å². The first-order chi connectivity index (χ1) is 18.6. The van der Waals surface area contributed by atoms with Crippen LogP contribution in [0.25, 0.3) is 0 Å². The van der Waals surface area contributed by atoms with Crippen LogP contribution >= 0.6 is 23.4 Å². The predicted molar refractivity (Wildman–Crippen MR) is 145 cm³/mol. The first kappa shape index (κ1) is 27.0. The van der Waals surface area contributed by atoms with Crippen molar-refractivity contribution in [3.63, 3.8) is 0 Å². The standard InChI is InChI=1S/C27H24ClF3N4O3S/c1-16-14-34-22-12-19(8-10-24(22)39-26(34)35(16)15-37-2)38-23-6-4-3-5-17(23)13-32-25(36)33-18-7-9-21(28)20(11-18)27(29,30)31/h3-12,14,26H,13,15H2,1-2H3,(H2,32,33,36). The van der Waals surface area contributed by atoms with Crippen molar-refractivity contribution in [3.05, 3.63) is 88.7 Å². The van der Waals surface area contributed by atoms with E-state index in [0.29, 0.717) is 23.8 Å². The molecule has 1 unspecified atom stereocenters. The van der Waals surface area contributed by atoms with Gasteiger partial charge in [0.2, 0.25) is 0 Å². The van der Waals surface area contributed by atoms with Crippen LogP contribution in [0.3, 0.4) is 0 Å². The van der Waals surface area contributed by atoms with Crippen molar-refractivity contribution < 1.29 is 27.4 Å². The number of benzene rings is 3. The first-order valence-corrected chi connectivity index (χ1v) is 13.1. The van der Waals surface area contributed by atoms with Gasteiger partial charge < -0.3 is 29.9 Å². The summed E-state index contributed by atoms with van der Waals surface area (Å²) < 4.78 is 50.9. The van der Waals surface area contributed by atoms with Gasteiger partial charge in [-0.3, -0.25) is 0 Å². The zero-order valence-corrected chi connectivity index (χ0v) is 22.5. The monoisotopic (exact) mass is 576 g/mol. The number of ether oxygens (including phenoxy) is 2. The molecule has 0 radical (unpaired) electrons. The van der Waals surface area contributed by atoms with E-state index < -0.39 is 22.8 Å². The van der Waals surface area contributed by atoms with Crippen LogP contribution in [0.15, 0.2) is 77.5 Å². The Labute approximate surface area is 232 Å². The zero-order valence-electron chi connectivity index (χ0n) is 20.9. The minimum Gasteiger partial charge on any atom is -0.457 e. The number of urea groups is 1. The van der Waals surface area contributed by atoms with Crippen molar-refractivity contribution in [1.82, 2.24) is 10.2 Å². The van der Waals surface area contributed by atoms with Crippen molar-refractivity contribution in [2.24, 2.45) is 0 Å². The summed E-state index contributed by atoms with van der Waals surface area (Å²) in [5.41, 5.74) is 1.85. The van der Waals surface area contributed by atoms with Crippen molar-refractivity contribution in [2.45, 2.75) is 30.0 Å². The number of hydrogen-bond donors (Lipinski definition) is 2. The number of nitrogens with zero attached hydrogens (tertiary/aromatic N) is 2. The van der Waals surface area contributed by atoms with Gasteiger partial charge in [0.25, 0.3) is 0 Å². The SMILES string of the molecule is COCN1C(C)=CN2c3cc(Oc4ccccc4CNC(=O)Nc4ccc(Cl)c(C(F)(F)F)c4)ccc3SC12. The van der Waals surface area contributed by atoms with Crippen molar-refractivity contribution >= 4 is 40.8 Å². The highest BCUT2D eigenvalue weighted by Gasteiger charge is 2.38. The van der Waals surface area contributed by atoms with Gasteiger partial charge in [-0.25, -0.2) is 4.79 Å². The lowest BCUT2D eigenvalue weighted by atomic mass is 10.2. The Morgan fingerprint density at radius 2 is 1.92 bits per heavy atom. The van der Waals surface area contributed by atoms with Crippen LogP contribution in [0, 0.1) is 0 Å². The molecule has 5 rings (SSSR count). The third-order valence-corrected chi connectivity index (χ3v) is 7.78.